The molecule has 12 nitrogen and oxygen atoms in total. The van der Waals surface area contributed by atoms with E-state index in [0.717, 1.165) is 22.3 Å². The highest BCUT2D eigenvalue weighted by Crippen LogP contribution is 2.42. The molecule has 3 fully saturated rings. The number of hydrogen-bond acceptors (Lipinski definition) is 10. The summed E-state index contributed by atoms with van der Waals surface area (Å²) in [6.07, 6.45) is -6.15. The van der Waals surface area contributed by atoms with Crippen molar-refractivity contribution >= 4 is 0 Å². The van der Waals surface area contributed by atoms with E-state index in [1.807, 2.05) is 121 Å². The van der Waals surface area contributed by atoms with Crippen LogP contribution in [0.4, 0.5) is 0 Å². The highest BCUT2D eigenvalue weighted by molar-refractivity contribution is 5.16. The van der Waals surface area contributed by atoms with Gasteiger partial charge in [-0.05, 0) is 27.8 Å². The molecular formula is C40H43N3O9. The maximum absolute atomic E-state index is 11.8. The quantitative estimate of drug-likeness (QED) is 0.0816. The molecular weight excluding hydrogens is 666 g/mol. The molecule has 0 aliphatic carbocycles. The highest BCUT2D eigenvalue weighted by Gasteiger charge is 2.62. The molecule has 0 radical (unpaired) electrons. The van der Waals surface area contributed by atoms with Gasteiger partial charge in [-0.3, -0.25) is 0 Å². The smallest absolute Gasteiger partial charge is 0.223 e. The monoisotopic (exact) mass is 709 g/mol. The van der Waals surface area contributed by atoms with Crippen molar-refractivity contribution in [1.82, 2.24) is 0 Å². The van der Waals surface area contributed by atoms with Crippen molar-refractivity contribution in [2.75, 3.05) is 13.2 Å². The van der Waals surface area contributed by atoms with Gasteiger partial charge in [-0.2, -0.15) is 0 Å². The number of ether oxygens (including phenoxy) is 8. The molecule has 2 bridgehead atoms. The van der Waals surface area contributed by atoms with Crippen LogP contribution >= 0.6 is 0 Å². The fourth-order valence-electron chi connectivity index (χ4n) is 6.77. The number of fused-ring (bicyclic) bond motifs is 2. The molecule has 9 atom stereocenters. The zero-order valence-corrected chi connectivity index (χ0v) is 28.7. The molecule has 3 aliphatic heterocycles. The Hall–Kier alpha value is -4.17. The second-order valence-corrected chi connectivity index (χ2v) is 13.1. The minimum Gasteiger partial charge on any atom is -0.377 e. The zero-order chi connectivity index (χ0) is 35.6. The summed E-state index contributed by atoms with van der Waals surface area (Å²) >= 11 is 0. The van der Waals surface area contributed by atoms with Crippen molar-refractivity contribution in [2.24, 2.45) is 5.11 Å². The van der Waals surface area contributed by atoms with E-state index >= 15 is 0 Å². The Kier molecular flexibility index (Phi) is 12.2. The fourth-order valence-corrected chi connectivity index (χ4v) is 6.77. The summed E-state index contributed by atoms with van der Waals surface area (Å²) in [7, 11) is 0. The molecule has 0 spiro atoms. The third-order valence-electron chi connectivity index (χ3n) is 9.40. The minimum atomic E-state index is -2.21. The average molecular weight is 710 g/mol. The van der Waals surface area contributed by atoms with Gasteiger partial charge in [0, 0.05) is 11.3 Å². The van der Waals surface area contributed by atoms with E-state index in [1.165, 1.54) is 0 Å². The molecule has 3 heterocycles. The number of azide groups is 1. The van der Waals surface area contributed by atoms with Crippen LogP contribution in [0.15, 0.2) is 126 Å². The summed E-state index contributed by atoms with van der Waals surface area (Å²) in [6, 6.07) is 39.3. The maximum Gasteiger partial charge on any atom is 0.223 e. The Morgan fingerprint density at radius 1 is 0.692 bits per heavy atom. The van der Waals surface area contributed by atoms with Crippen LogP contribution in [0, 0.1) is 0 Å². The summed E-state index contributed by atoms with van der Waals surface area (Å²) in [5.41, 5.74) is 11.2. The van der Waals surface area contributed by atoms with Gasteiger partial charge in [-0.25, -0.2) is 0 Å². The Morgan fingerprint density at radius 2 is 1.23 bits per heavy atom. The van der Waals surface area contributed by atoms with Gasteiger partial charge in [0.05, 0.1) is 45.7 Å². The first-order chi connectivity index (χ1) is 25.6. The van der Waals surface area contributed by atoms with Gasteiger partial charge in [0.1, 0.15) is 30.5 Å². The van der Waals surface area contributed by atoms with Crippen LogP contribution in [0.1, 0.15) is 28.7 Å². The lowest BCUT2D eigenvalue weighted by atomic mass is 9.94. The lowest BCUT2D eigenvalue weighted by Gasteiger charge is -2.47. The minimum absolute atomic E-state index is 0.0941. The molecule has 12 heteroatoms. The largest absolute Gasteiger partial charge is 0.377 e. The zero-order valence-electron chi connectivity index (χ0n) is 28.7. The third-order valence-corrected chi connectivity index (χ3v) is 9.40. The van der Waals surface area contributed by atoms with Crippen molar-refractivity contribution in [1.29, 1.82) is 0 Å². The number of benzene rings is 4. The molecule has 0 saturated carbocycles. The molecule has 3 saturated heterocycles. The number of nitrogens with zero attached hydrogens (tertiary/aromatic N) is 3. The Balaban J connectivity index is 1.15. The third kappa shape index (κ3) is 8.88. The molecule has 4 aromatic carbocycles. The van der Waals surface area contributed by atoms with Gasteiger partial charge in [0.25, 0.3) is 0 Å². The molecule has 1 N–H and O–H groups in total. The summed E-state index contributed by atoms with van der Waals surface area (Å²) in [5.74, 6) is 0. The predicted molar refractivity (Wildman–Crippen MR) is 188 cm³/mol. The molecule has 4 aromatic rings. The van der Waals surface area contributed by atoms with E-state index in [-0.39, 0.29) is 26.2 Å². The van der Waals surface area contributed by atoms with E-state index in [2.05, 4.69) is 10.0 Å². The van der Waals surface area contributed by atoms with Crippen molar-refractivity contribution in [2.45, 2.75) is 87.8 Å². The topological polar surface area (TPSA) is 143 Å². The highest BCUT2D eigenvalue weighted by atomic mass is 16.8. The van der Waals surface area contributed by atoms with E-state index in [1.54, 1.807) is 0 Å². The van der Waals surface area contributed by atoms with Gasteiger partial charge in [-0.15, -0.1) is 0 Å². The molecule has 0 aromatic heterocycles. The molecule has 7 rings (SSSR count). The Bertz CT molecular complexity index is 1720. The van der Waals surface area contributed by atoms with Crippen LogP contribution < -0.4 is 0 Å². The summed E-state index contributed by atoms with van der Waals surface area (Å²) < 4.78 is 50.9. The SMILES string of the molecule is [N-]=[N+]=N[C@]1(O)[C@@H]2OC[C@@H](O2)[C@@H](O[C@@H]2C[C@@H](OCc3ccccc3)[C@H](OCc3ccccc3)[C@@H](COCc3ccccc3)O2)[C@@H]1OCc1ccccc1. The van der Waals surface area contributed by atoms with Crippen LogP contribution in [-0.2, 0) is 64.3 Å². The predicted octanol–water partition coefficient (Wildman–Crippen LogP) is 6.21. The van der Waals surface area contributed by atoms with Crippen LogP contribution in [0.5, 0.6) is 0 Å². The molecule has 52 heavy (non-hydrogen) atoms. The van der Waals surface area contributed by atoms with E-state index in [9.17, 15) is 10.6 Å². The molecule has 272 valence electrons. The molecule has 0 unspecified atom stereocenters. The van der Waals surface area contributed by atoms with Gasteiger partial charge >= 0.3 is 0 Å². The van der Waals surface area contributed by atoms with Crippen LogP contribution in [0.3, 0.4) is 0 Å². The lowest BCUT2D eigenvalue weighted by molar-refractivity contribution is -0.340. The van der Waals surface area contributed by atoms with E-state index in [4.69, 9.17) is 37.9 Å². The number of rotatable bonds is 16. The summed E-state index contributed by atoms with van der Waals surface area (Å²) in [5, 5.41) is 15.5. The molecule has 3 aliphatic rings. The van der Waals surface area contributed by atoms with Gasteiger partial charge in [0.2, 0.25) is 5.72 Å². The number of aliphatic hydroxyl groups is 1. The summed E-state index contributed by atoms with van der Waals surface area (Å²) in [4.78, 5) is 2.92. The second kappa shape index (κ2) is 17.6. The van der Waals surface area contributed by atoms with Crippen LogP contribution in [-0.4, -0.2) is 73.2 Å². The second-order valence-electron chi connectivity index (χ2n) is 13.1. The Morgan fingerprint density at radius 3 is 1.81 bits per heavy atom. The first-order valence-electron chi connectivity index (χ1n) is 17.5. The first kappa shape index (κ1) is 36.2. The standard InChI is InChI=1S/C40H43N3O9/c41-43-42-40(44)38(48-25-31-19-11-4-12-20-31)37(34-27-49-39(40)51-34)52-35-21-32(46-23-29-15-7-2-8-16-29)36(47-24-30-17-9-3-10-18-30)33(50-35)26-45-22-28-13-5-1-6-14-28/h1-20,32-39,44H,21-27H2/t32-,33-,34-,35-,36+,37-,38+,39-,40-/m1/s1. The van der Waals surface area contributed by atoms with Crippen molar-refractivity contribution in [3.63, 3.8) is 0 Å². The normalized spacial score (nSPS) is 29.7. The van der Waals surface area contributed by atoms with Crippen molar-refractivity contribution in [3.05, 3.63) is 154 Å². The molecule has 0 amide bonds. The fraction of sp³-hybridized carbons (Fsp3) is 0.400. The summed E-state index contributed by atoms with van der Waals surface area (Å²) in [6.45, 7) is 1.45. The van der Waals surface area contributed by atoms with Crippen molar-refractivity contribution in [3.8, 4) is 0 Å². The average Bonchev–Trinajstić information content (AvgIpc) is 3.66. The van der Waals surface area contributed by atoms with E-state index < -0.39 is 54.9 Å². The van der Waals surface area contributed by atoms with Gasteiger partial charge in [0.15, 0.2) is 12.6 Å². The van der Waals surface area contributed by atoms with Crippen molar-refractivity contribution < 1.29 is 43.0 Å². The number of hydrogen-bond donors (Lipinski definition) is 1. The lowest BCUT2D eigenvalue weighted by Crippen LogP contribution is -2.64. The van der Waals surface area contributed by atoms with Crippen LogP contribution in [0.25, 0.3) is 10.4 Å². The van der Waals surface area contributed by atoms with Gasteiger partial charge in [-0.1, -0.05) is 126 Å². The van der Waals surface area contributed by atoms with E-state index in [0.29, 0.717) is 19.8 Å². The first-order valence-corrected chi connectivity index (χ1v) is 17.5. The van der Waals surface area contributed by atoms with Gasteiger partial charge < -0.3 is 43.0 Å². The maximum atomic E-state index is 11.8. The van der Waals surface area contributed by atoms with Crippen LogP contribution in [0.2, 0.25) is 0 Å². The Labute approximate surface area is 302 Å².